The maximum Gasteiger partial charge on any atom is 0.238 e. The van der Waals surface area contributed by atoms with Crippen LogP contribution in [-0.4, -0.2) is 39.9 Å². The Kier molecular flexibility index (Phi) is 5.17. The smallest absolute Gasteiger partial charge is 0.238 e. The Hall–Kier alpha value is -0.860. The average Bonchev–Trinajstić information content (AvgIpc) is 2.20. The number of likely N-dealkylation sites (N-methyl/N-ethyl adjacent to an activating group) is 1. The topological polar surface area (TPSA) is 92.5 Å². The summed E-state index contributed by atoms with van der Waals surface area (Å²) in [6, 6.07) is 2.27. The van der Waals surface area contributed by atoms with Gasteiger partial charge >= 0.3 is 0 Å². The summed E-state index contributed by atoms with van der Waals surface area (Å²) in [7, 11) is -0.444. The van der Waals surface area contributed by atoms with E-state index in [1.165, 1.54) is 0 Å². The van der Waals surface area contributed by atoms with Crippen molar-refractivity contribution in [2.45, 2.75) is 4.90 Å². The minimum atomic E-state index is -3.90. The molecule has 0 unspecified atom stereocenters. The van der Waals surface area contributed by atoms with Gasteiger partial charge in [-0.15, -0.1) is 0 Å². The molecule has 0 heterocycles. The summed E-state index contributed by atoms with van der Waals surface area (Å²) in [5.41, 5.74) is 0.155. The van der Waals surface area contributed by atoms with E-state index in [2.05, 4.69) is 5.32 Å². The number of hydrogen-bond acceptors (Lipinski definition) is 4. The highest BCUT2D eigenvalue weighted by atomic mass is 35.5. The van der Waals surface area contributed by atoms with E-state index in [4.69, 9.17) is 28.3 Å². The van der Waals surface area contributed by atoms with Gasteiger partial charge in [-0.2, -0.15) is 0 Å². The van der Waals surface area contributed by atoms with Gasteiger partial charge in [0.2, 0.25) is 15.9 Å². The predicted octanol–water partition coefficient (Wildman–Crippen LogP) is 1.14. The molecule has 0 aliphatic carbocycles. The quantitative estimate of drug-likeness (QED) is 0.868. The van der Waals surface area contributed by atoms with E-state index in [1.807, 2.05) is 0 Å². The molecule has 106 valence electrons. The Balaban J connectivity index is 3.08. The van der Waals surface area contributed by atoms with Gasteiger partial charge in [-0.25, -0.2) is 13.6 Å². The number of sulfonamides is 1. The number of nitrogens with one attached hydrogen (secondary N) is 1. The largest absolute Gasteiger partial charge is 0.322 e. The maximum atomic E-state index is 11.6. The van der Waals surface area contributed by atoms with Crippen molar-refractivity contribution in [3.05, 3.63) is 22.2 Å². The standard InChI is InChI=1S/C10H13Cl2N3O3S/c1-15(2)5-9(16)14-10-7(11)3-6(4-8(10)12)19(13,17)18/h3-4H,5H2,1-2H3,(H,14,16)(H2,13,17,18). The number of rotatable bonds is 4. The summed E-state index contributed by atoms with van der Waals surface area (Å²) in [5, 5.41) is 7.49. The molecule has 0 bridgehead atoms. The van der Waals surface area contributed by atoms with Crippen LogP contribution in [0.3, 0.4) is 0 Å². The summed E-state index contributed by atoms with van der Waals surface area (Å²) in [5.74, 6) is -0.322. The van der Waals surface area contributed by atoms with E-state index in [0.29, 0.717) is 0 Å². The molecule has 0 saturated heterocycles. The minimum absolute atomic E-state index is 0.00336. The van der Waals surface area contributed by atoms with E-state index < -0.39 is 10.0 Å². The van der Waals surface area contributed by atoms with Crippen molar-refractivity contribution in [2.24, 2.45) is 5.14 Å². The van der Waals surface area contributed by atoms with E-state index in [1.54, 1.807) is 19.0 Å². The fourth-order valence-electron chi connectivity index (χ4n) is 1.30. The van der Waals surface area contributed by atoms with Crippen molar-refractivity contribution in [1.82, 2.24) is 4.90 Å². The second kappa shape index (κ2) is 6.06. The van der Waals surface area contributed by atoms with E-state index in [-0.39, 0.29) is 33.1 Å². The third kappa shape index (κ3) is 4.63. The van der Waals surface area contributed by atoms with Crippen LogP contribution in [0.1, 0.15) is 0 Å². The van der Waals surface area contributed by atoms with Crippen molar-refractivity contribution < 1.29 is 13.2 Å². The lowest BCUT2D eigenvalue weighted by atomic mass is 10.3. The third-order valence-electron chi connectivity index (χ3n) is 2.07. The number of primary sulfonamides is 1. The molecular weight excluding hydrogens is 313 g/mol. The monoisotopic (exact) mass is 325 g/mol. The van der Waals surface area contributed by atoms with Gasteiger partial charge in [0.25, 0.3) is 0 Å². The zero-order valence-electron chi connectivity index (χ0n) is 10.3. The first-order valence-corrected chi connectivity index (χ1v) is 7.38. The molecular formula is C10H13Cl2N3O3S. The number of amides is 1. The third-order valence-corrected chi connectivity index (χ3v) is 3.56. The summed E-state index contributed by atoms with van der Waals surface area (Å²) >= 11 is 11.8. The van der Waals surface area contributed by atoms with Crippen LogP contribution < -0.4 is 10.5 Å². The van der Waals surface area contributed by atoms with E-state index >= 15 is 0 Å². The molecule has 3 N–H and O–H groups in total. The molecule has 0 fully saturated rings. The molecule has 0 saturated carbocycles. The zero-order valence-corrected chi connectivity index (χ0v) is 12.6. The predicted molar refractivity (Wildman–Crippen MR) is 75.0 cm³/mol. The number of nitrogens with two attached hydrogens (primary N) is 1. The highest BCUT2D eigenvalue weighted by Gasteiger charge is 2.16. The number of benzene rings is 1. The Morgan fingerprint density at radius 1 is 1.32 bits per heavy atom. The number of carbonyl (C=O) groups excluding carboxylic acids is 1. The molecule has 19 heavy (non-hydrogen) atoms. The first-order valence-electron chi connectivity index (χ1n) is 5.07. The number of nitrogens with zero attached hydrogens (tertiary/aromatic N) is 1. The van der Waals surface area contributed by atoms with Crippen LogP contribution in [-0.2, 0) is 14.8 Å². The van der Waals surface area contributed by atoms with E-state index in [0.717, 1.165) is 12.1 Å². The summed E-state index contributed by atoms with van der Waals surface area (Å²) in [4.78, 5) is 13.0. The number of hydrogen-bond donors (Lipinski definition) is 2. The van der Waals surface area contributed by atoms with Gasteiger partial charge in [0, 0.05) is 0 Å². The Bertz CT molecular complexity index is 579. The van der Waals surface area contributed by atoms with Crippen LogP contribution in [0, 0.1) is 0 Å². The molecule has 0 radical (unpaired) electrons. The molecule has 0 aromatic heterocycles. The van der Waals surface area contributed by atoms with Gasteiger partial charge < -0.3 is 10.2 Å². The zero-order chi connectivity index (χ0) is 14.8. The van der Waals surface area contributed by atoms with Gasteiger partial charge in [-0.1, -0.05) is 23.2 Å². The molecule has 9 heteroatoms. The van der Waals surface area contributed by atoms with Gasteiger partial charge in [0.1, 0.15) is 0 Å². The second-order valence-corrected chi connectivity index (χ2v) is 6.47. The fourth-order valence-corrected chi connectivity index (χ4v) is 2.57. The normalized spacial score (nSPS) is 11.7. The first-order chi connectivity index (χ1) is 8.61. The highest BCUT2D eigenvalue weighted by molar-refractivity contribution is 7.89. The molecule has 1 aromatic rings. The number of carbonyl (C=O) groups is 1. The molecule has 0 aliphatic rings. The Labute approximate surface area is 121 Å². The lowest BCUT2D eigenvalue weighted by molar-refractivity contribution is -0.116. The SMILES string of the molecule is CN(C)CC(=O)Nc1c(Cl)cc(S(N)(=O)=O)cc1Cl. The van der Waals surface area contributed by atoms with Crippen molar-refractivity contribution >= 4 is 44.8 Å². The molecule has 1 rings (SSSR count). The molecule has 0 aliphatic heterocycles. The van der Waals surface area contributed by atoms with Crippen LogP contribution >= 0.6 is 23.2 Å². The van der Waals surface area contributed by atoms with Crippen molar-refractivity contribution in [3.63, 3.8) is 0 Å². The minimum Gasteiger partial charge on any atom is -0.322 e. The lowest BCUT2D eigenvalue weighted by Gasteiger charge is -2.13. The van der Waals surface area contributed by atoms with E-state index in [9.17, 15) is 13.2 Å². The van der Waals surface area contributed by atoms with Gasteiger partial charge in [-0.3, -0.25) is 4.79 Å². The lowest BCUT2D eigenvalue weighted by Crippen LogP contribution is -2.27. The van der Waals surface area contributed by atoms with Crippen LogP contribution in [0.4, 0.5) is 5.69 Å². The summed E-state index contributed by atoms with van der Waals surface area (Å²) < 4.78 is 22.4. The number of anilines is 1. The van der Waals surface area contributed by atoms with Crippen molar-refractivity contribution in [1.29, 1.82) is 0 Å². The fraction of sp³-hybridized carbons (Fsp3) is 0.300. The van der Waals surface area contributed by atoms with Gasteiger partial charge in [0.15, 0.2) is 0 Å². The first kappa shape index (κ1) is 16.2. The molecule has 1 aromatic carbocycles. The molecule has 1 amide bonds. The Morgan fingerprint density at radius 2 is 1.79 bits per heavy atom. The van der Waals surface area contributed by atoms with Crippen LogP contribution in [0.2, 0.25) is 10.0 Å². The van der Waals surface area contributed by atoms with Crippen LogP contribution in [0.15, 0.2) is 17.0 Å². The van der Waals surface area contributed by atoms with Crippen molar-refractivity contribution in [2.75, 3.05) is 26.0 Å². The highest BCUT2D eigenvalue weighted by Crippen LogP contribution is 2.33. The molecule has 0 spiro atoms. The maximum absolute atomic E-state index is 11.6. The average molecular weight is 326 g/mol. The summed E-state index contributed by atoms with van der Waals surface area (Å²) in [6.07, 6.45) is 0. The molecule has 0 atom stereocenters. The second-order valence-electron chi connectivity index (χ2n) is 4.09. The number of halogens is 2. The summed E-state index contributed by atoms with van der Waals surface area (Å²) in [6.45, 7) is 0.142. The van der Waals surface area contributed by atoms with Crippen molar-refractivity contribution in [3.8, 4) is 0 Å². The Morgan fingerprint density at radius 3 is 2.16 bits per heavy atom. The van der Waals surface area contributed by atoms with Crippen LogP contribution in [0.25, 0.3) is 0 Å². The van der Waals surface area contributed by atoms with Gasteiger partial charge in [-0.05, 0) is 26.2 Å². The van der Waals surface area contributed by atoms with Crippen LogP contribution in [0.5, 0.6) is 0 Å². The van der Waals surface area contributed by atoms with Gasteiger partial charge in [0.05, 0.1) is 27.2 Å². The molecule has 6 nitrogen and oxygen atoms in total.